The van der Waals surface area contributed by atoms with E-state index in [4.69, 9.17) is 4.74 Å². The second-order valence-electron chi connectivity index (χ2n) is 2.44. The molecule has 0 fully saturated rings. The summed E-state index contributed by atoms with van der Waals surface area (Å²) in [6.45, 7) is 1.29. The maximum atomic E-state index is 10.0. The minimum Gasteiger partial charge on any atom is -0.418 e. The number of rotatable bonds is 2. The van der Waals surface area contributed by atoms with E-state index >= 15 is 0 Å². The van der Waals surface area contributed by atoms with Crippen molar-refractivity contribution in [2.45, 2.75) is 6.42 Å². The molecule has 0 amide bonds. The molecule has 3 nitrogen and oxygen atoms in total. The van der Waals surface area contributed by atoms with Gasteiger partial charge in [0.1, 0.15) is 0 Å². The highest BCUT2D eigenvalue weighted by molar-refractivity contribution is 7.14. The molecule has 0 radical (unpaired) electrons. The van der Waals surface area contributed by atoms with Crippen LogP contribution in [0, 0.1) is 0 Å². The standard InChI is InChI=1S/C8H7NO2S/c10-5-11-8-3-6-4-9-2-1-7(6)12-8/h3-5H,1-2H2. The number of ether oxygens (including phenoxy) is 1. The first-order chi connectivity index (χ1) is 5.90. The Labute approximate surface area is 73.7 Å². The van der Waals surface area contributed by atoms with Gasteiger partial charge in [-0.2, -0.15) is 0 Å². The zero-order valence-electron chi connectivity index (χ0n) is 6.32. The minimum absolute atomic E-state index is 0.453. The highest BCUT2D eigenvalue weighted by Gasteiger charge is 2.10. The van der Waals surface area contributed by atoms with Gasteiger partial charge in [0.05, 0.1) is 0 Å². The Morgan fingerprint density at radius 1 is 1.67 bits per heavy atom. The van der Waals surface area contributed by atoms with Crippen LogP contribution in [-0.2, 0) is 11.2 Å². The largest absolute Gasteiger partial charge is 0.418 e. The number of carbonyl (C=O) groups is 1. The molecule has 1 aliphatic heterocycles. The minimum atomic E-state index is 0.453. The molecule has 2 heterocycles. The van der Waals surface area contributed by atoms with Gasteiger partial charge in [0.15, 0.2) is 5.06 Å². The molecule has 0 bridgehead atoms. The van der Waals surface area contributed by atoms with Crippen LogP contribution in [0.2, 0.25) is 0 Å². The zero-order valence-corrected chi connectivity index (χ0v) is 7.13. The first kappa shape index (κ1) is 7.49. The summed E-state index contributed by atoms with van der Waals surface area (Å²) in [5, 5.41) is 0.656. The maximum Gasteiger partial charge on any atom is 0.299 e. The number of aliphatic imine (C=N–C) groups is 1. The second-order valence-corrected chi connectivity index (χ2v) is 3.54. The second kappa shape index (κ2) is 3.06. The van der Waals surface area contributed by atoms with Crippen molar-refractivity contribution in [3.05, 3.63) is 16.5 Å². The third-order valence-corrected chi connectivity index (χ3v) is 2.78. The molecule has 4 heteroatoms. The van der Waals surface area contributed by atoms with Crippen LogP contribution in [0.25, 0.3) is 0 Å². The van der Waals surface area contributed by atoms with Crippen molar-refractivity contribution in [2.24, 2.45) is 4.99 Å². The van der Waals surface area contributed by atoms with Gasteiger partial charge in [0.25, 0.3) is 6.47 Å². The molecule has 2 rings (SSSR count). The van der Waals surface area contributed by atoms with E-state index in [-0.39, 0.29) is 0 Å². The summed E-state index contributed by atoms with van der Waals surface area (Å²) >= 11 is 1.52. The van der Waals surface area contributed by atoms with Gasteiger partial charge in [-0.05, 0) is 0 Å². The molecule has 62 valence electrons. The Morgan fingerprint density at radius 3 is 3.33 bits per heavy atom. The Bertz CT molecular complexity index is 330. The van der Waals surface area contributed by atoms with E-state index in [1.54, 1.807) is 0 Å². The Kier molecular flexibility index (Phi) is 1.91. The molecule has 0 spiro atoms. The van der Waals surface area contributed by atoms with Crippen LogP contribution in [0.5, 0.6) is 5.06 Å². The van der Waals surface area contributed by atoms with Gasteiger partial charge in [0.2, 0.25) is 0 Å². The number of fused-ring (bicyclic) bond motifs is 1. The number of hydrogen-bond donors (Lipinski definition) is 0. The van der Waals surface area contributed by atoms with Crippen molar-refractivity contribution < 1.29 is 9.53 Å². The Morgan fingerprint density at radius 2 is 2.58 bits per heavy atom. The van der Waals surface area contributed by atoms with Crippen molar-refractivity contribution in [1.82, 2.24) is 0 Å². The predicted octanol–water partition coefficient (Wildman–Crippen LogP) is 1.26. The highest BCUT2D eigenvalue weighted by atomic mass is 32.1. The quantitative estimate of drug-likeness (QED) is 0.644. The molecule has 0 atom stereocenters. The number of thiophene rings is 1. The molecular weight excluding hydrogens is 174 g/mol. The number of carbonyl (C=O) groups excluding carboxylic acids is 1. The first-order valence-electron chi connectivity index (χ1n) is 3.63. The van der Waals surface area contributed by atoms with E-state index < -0.39 is 0 Å². The average Bonchev–Trinajstić information content (AvgIpc) is 2.47. The lowest BCUT2D eigenvalue weighted by Crippen LogP contribution is -1.97. The first-order valence-corrected chi connectivity index (χ1v) is 4.44. The molecule has 0 saturated heterocycles. The molecule has 0 N–H and O–H groups in total. The van der Waals surface area contributed by atoms with Crippen molar-refractivity contribution in [3.8, 4) is 5.06 Å². The fourth-order valence-electron chi connectivity index (χ4n) is 1.16. The van der Waals surface area contributed by atoms with Gasteiger partial charge < -0.3 is 4.74 Å². The van der Waals surface area contributed by atoms with Gasteiger partial charge in [-0.3, -0.25) is 9.79 Å². The summed E-state index contributed by atoms with van der Waals surface area (Å²) in [7, 11) is 0. The summed E-state index contributed by atoms with van der Waals surface area (Å²) < 4.78 is 4.73. The van der Waals surface area contributed by atoms with E-state index in [0.29, 0.717) is 11.5 Å². The lowest BCUT2D eigenvalue weighted by atomic mass is 10.2. The van der Waals surface area contributed by atoms with E-state index in [0.717, 1.165) is 18.5 Å². The molecule has 12 heavy (non-hydrogen) atoms. The Balaban J connectivity index is 2.32. The van der Waals surface area contributed by atoms with Crippen LogP contribution < -0.4 is 4.74 Å². The van der Waals surface area contributed by atoms with Gasteiger partial charge in [-0.15, -0.1) is 11.3 Å². The fraction of sp³-hybridized carbons (Fsp3) is 0.250. The molecule has 1 aromatic heterocycles. The number of nitrogens with zero attached hydrogens (tertiary/aromatic N) is 1. The molecule has 1 aromatic rings. The van der Waals surface area contributed by atoms with E-state index in [1.807, 2.05) is 12.3 Å². The summed E-state index contributed by atoms with van der Waals surface area (Å²) in [6.07, 6.45) is 2.78. The predicted molar refractivity (Wildman–Crippen MR) is 47.2 cm³/mol. The third-order valence-electron chi connectivity index (χ3n) is 1.68. The van der Waals surface area contributed by atoms with Gasteiger partial charge in [-0.25, -0.2) is 0 Å². The molecule has 0 aliphatic carbocycles. The van der Waals surface area contributed by atoms with E-state index in [9.17, 15) is 4.79 Å². The highest BCUT2D eigenvalue weighted by Crippen LogP contribution is 2.29. The molecule has 0 unspecified atom stereocenters. The monoisotopic (exact) mass is 181 g/mol. The van der Waals surface area contributed by atoms with Crippen LogP contribution in [0.1, 0.15) is 10.4 Å². The van der Waals surface area contributed by atoms with Gasteiger partial charge in [0, 0.05) is 35.7 Å². The van der Waals surface area contributed by atoms with Crippen molar-refractivity contribution in [1.29, 1.82) is 0 Å². The smallest absolute Gasteiger partial charge is 0.299 e. The van der Waals surface area contributed by atoms with Crippen LogP contribution in [-0.4, -0.2) is 19.2 Å². The fourth-order valence-corrected chi connectivity index (χ4v) is 2.10. The SMILES string of the molecule is O=COc1cc2c(s1)CCN=C2. The summed E-state index contributed by atoms with van der Waals surface area (Å²) in [4.78, 5) is 15.4. The van der Waals surface area contributed by atoms with Crippen molar-refractivity contribution in [3.63, 3.8) is 0 Å². The Hall–Kier alpha value is -1.16. The normalized spacial score (nSPS) is 14.0. The third kappa shape index (κ3) is 1.25. The molecule has 0 saturated carbocycles. The van der Waals surface area contributed by atoms with Crippen LogP contribution in [0.4, 0.5) is 0 Å². The lowest BCUT2D eigenvalue weighted by Gasteiger charge is -2.00. The van der Waals surface area contributed by atoms with Gasteiger partial charge in [-0.1, -0.05) is 0 Å². The van der Waals surface area contributed by atoms with Gasteiger partial charge >= 0.3 is 0 Å². The summed E-state index contributed by atoms with van der Waals surface area (Å²) in [5.74, 6) is 0. The molecule has 1 aliphatic rings. The van der Waals surface area contributed by atoms with Crippen LogP contribution >= 0.6 is 11.3 Å². The topological polar surface area (TPSA) is 38.7 Å². The molecular formula is C8H7NO2S. The lowest BCUT2D eigenvalue weighted by molar-refractivity contribution is -0.120. The average molecular weight is 181 g/mol. The number of hydrogen-bond acceptors (Lipinski definition) is 4. The summed E-state index contributed by atoms with van der Waals surface area (Å²) in [6, 6.07) is 1.84. The van der Waals surface area contributed by atoms with Crippen LogP contribution in [0.15, 0.2) is 11.1 Å². The van der Waals surface area contributed by atoms with Crippen LogP contribution in [0.3, 0.4) is 0 Å². The summed E-state index contributed by atoms with van der Waals surface area (Å²) in [5.41, 5.74) is 1.09. The van der Waals surface area contributed by atoms with Crippen molar-refractivity contribution in [2.75, 3.05) is 6.54 Å². The van der Waals surface area contributed by atoms with E-state index in [1.165, 1.54) is 16.2 Å². The zero-order chi connectivity index (χ0) is 8.39. The van der Waals surface area contributed by atoms with E-state index in [2.05, 4.69) is 4.99 Å². The van der Waals surface area contributed by atoms with Crippen molar-refractivity contribution >= 4 is 24.0 Å². The molecule has 0 aromatic carbocycles. The maximum absolute atomic E-state index is 10.0.